The van der Waals surface area contributed by atoms with E-state index in [0.29, 0.717) is 26.0 Å². The van der Waals surface area contributed by atoms with Gasteiger partial charge in [-0.25, -0.2) is 0 Å². The van der Waals surface area contributed by atoms with Crippen molar-refractivity contribution in [2.24, 2.45) is 11.8 Å². The number of carbonyl (C=O) groups is 2. The van der Waals surface area contributed by atoms with E-state index in [2.05, 4.69) is 0 Å². The van der Waals surface area contributed by atoms with Crippen LogP contribution >= 0.6 is 0 Å². The zero-order valence-electron chi connectivity index (χ0n) is 14.1. The van der Waals surface area contributed by atoms with Crippen molar-refractivity contribution in [3.8, 4) is 0 Å². The Morgan fingerprint density at radius 2 is 1.88 bits per heavy atom. The summed E-state index contributed by atoms with van der Waals surface area (Å²) in [5.74, 6) is -1.23. The number of amides is 1. The van der Waals surface area contributed by atoms with Crippen LogP contribution in [-0.2, 0) is 14.3 Å². The van der Waals surface area contributed by atoms with E-state index in [0.717, 1.165) is 18.4 Å². The summed E-state index contributed by atoms with van der Waals surface area (Å²) < 4.78 is 5.92. The standard InChI is InChI=1S/C19H25NO4/c1-13-12-24-17(14-6-3-2-4-7-14)11-20(13)18(21)15-8-5-9-16(10-15)19(22)23/h2-4,6-7,13,15-17H,5,8-12H2,1H3,(H,22,23). The number of aliphatic carboxylic acids is 1. The monoisotopic (exact) mass is 331 g/mol. The van der Waals surface area contributed by atoms with Crippen molar-refractivity contribution in [3.05, 3.63) is 35.9 Å². The van der Waals surface area contributed by atoms with Crippen molar-refractivity contribution < 1.29 is 19.4 Å². The summed E-state index contributed by atoms with van der Waals surface area (Å²) in [6, 6.07) is 9.98. The molecule has 0 aromatic heterocycles. The van der Waals surface area contributed by atoms with Gasteiger partial charge in [-0.05, 0) is 31.7 Å². The van der Waals surface area contributed by atoms with Gasteiger partial charge in [-0.15, -0.1) is 0 Å². The molecular formula is C19H25NO4. The van der Waals surface area contributed by atoms with Crippen LogP contribution in [0.3, 0.4) is 0 Å². The van der Waals surface area contributed by atoms with E-state index in [1.807, 2.05) is 42.2 Å². The zero-order chi connectivity index (χ0) is 17.1. The van der Waals surface area contributed by atoms with Gasteiger partial charge in [-0.1, -0.05) is 36.8 Å². The van der Waals surface area contributed by atoms with Crippen LogP contribution < -0.4 is 0 Å². The van der Waals surface area contributed by atoms with Crippen molar-refractivity contribution in [1.29, 1.82) is 0 Å². The topological polar surface area (TPSA) is 66.8 Å². The normalized spacial score (nSPS) is 30.8. The highest BCUT2D eigenvalue weighted by molar-refractivity contribution is 5.80. The number of carbonyl (C=O) groups excluding carboxylic acids is 1. The van der Waals surface area contributed by atoms with Gasteiger partial charge in [0.2, 0.25) is 5.91 Å². The summed E-state index contributed by atoms with van der Waals surface area (Å²) >= 11 is 0. The summed E-state index contributed by atoms with van der Waals surface area (Å²) in [6.07, 6.45) is 2.65. The molecule has 1 saturated carbocycles. The minimum atomic E-state index is -0.773. The molecule has 0 bridgehead atoms. The molecule has 0 spiro atoms. The van der Waals surface area contributed by atoms with Crippen LogP contribution in [-0.4, -0.2) is 41.1 Å². The summed E-state index contributed by atoms with van der Waals surface area (Å²) in [7, 11) is 0. The van der Waals surface area contributed by atoms with E-state index in [9.17, 15) is 14.7 Å². The Morgan fingerprint density at radius 1 is 1.17 bits per heavy atom. The SMILES string of the molecule is CC1COC(c2ccccc2)CN1C(=O)C1CCCC(C(=O)O)C1. The number of ether oxygens (including phenoxy) is 1. The first-order valence-corrected chi connectivity index (χ1v) is 8.76. The number of rotatable bonds is 3. The molecule has 24 heavy (non-hydrogen) atoms. The van der Waals surface area contributed by atoms with Crippen molar-refractivity contribution in [1.82, 2.24) is 4.90 Å². The van der Waals surface area contributed by atoms with Gasteiger partial charge in [-0.3, -0.25) is 9.59 Å². The molecule has 1 saturated heterocycles. The number of morpholine rings is 1. The summed E-state index contributed by atoms with van der Waals surface area (Å²) in [5.41, 5.74) is 1.08. The van der Waals surface area contributed by atoms with Crippen LogP contribution in [0, 0.1) is 11.8 Å². The lowest BCUT2D eigenvalue weighted by molar-refractivity contribution is -0.152. The van der Waals surface area contributed by atoms with E-state index in [1.165, 1.54) is 0 Å². The fourth-order valence-corrected chi connectivity index (χ4v) is 3.81. The first-order chi connectivity index (χ1) is 11.6. The lowest BCUT2D eigenvalue weighted by Gasteiger charge is -2.41. The minimum Gasteiger partial charge on any atom is -0.481 e. The van der Waals surface area contributed by atoms with Gasteiger partial charge in [0.1, 0.15) is 6.10 Å². The van der Waals surface area contributed by atoms with E-state index in [4.69, 9.17) is 4.74 Å². The van der Waals surface area contributed by atoms with Gasteiger partial charge < -0.3 is 14.7 Å². The first-order valence-electron chi connectivity index (χ1n) is 8.76. The van der Waals surface area contributed by atoms with Gasteiger partial charge in [0.25, 0.3) is 0 Å². The molecule has 2 fully saturated rings. The van der Waals surface area contributed by atoms with Crippen molar-refractivity contribution in [2.75, 3.05) is 13.2 Å². The number of hydrogen-bond donors (Lipinski definition) is 1. The van der Waals surface area contributed by atoms with Crippen LogP contribution in [0.25, 0.3) is 0 Å². The fourth-order valence-electron chi connectivity index (χ4n) is 3.81. The number of carboxylic acids is 1. The Bertz CT molecular complexity index is 588. The minimum absolute atomic E-state index is 0.0302. The third-order valence-electron chi connectivity index (χ3n) is 5.26. The Balaban J connectivity index is 1.69. The molecule has 1 heterocycles. The van der Waals surface area contributed by atoms with E-state index in [-0.39, 0.29) is 29.9 Å². The van der Waals surface area contributed by atoms with Gasteiger partial charge in [0, 0.05) is 5.92 Å². The smallest absolute Gasteiger partial charge is 0.306 e. The third-order valence-corrected chi connectivity index (χ3v) is 5.26. The van der Waals surface area contributed by atoms with Crippen LogP contribution in [0.2, 0.25) is 0 Å². The molecule has 1 N–H and O–H groups in total. The lowest BCUT2D eigenvalue weighted by Crippen LogP contribution is -2.51. The number of hydrogen-bond acceptors (Lipinski definition) is 3. The van der Waals surface area contributed by atoms with Crippen LogP contribution in [0.4, 0.5) is 0 Å². The molecule has 1 aliphatic carbocycles. The Kier molecular flexibility index (Phi) is 5.19. The highest BCUT2D eigenvalue weighted by Gasteiger charge is 2.37. The lowest BCUT2D eigenvalue weighted by atomic mass is 9.80. The largest absolute Gasteiger partial charge is 0.481 e. The van der Waals surface area contributed by atoms with Crippen molar-refractivity contribution >= 4 is 11.9 Å². The number of carboxylic acid groups (broad SMARTS) is 1. The predicted molar refractivity (Wildman–Crippen MR) is 89.4 cm³/mol. The summed E-state index contributed by atoms with van der Waals surface area (Å²) in [6.45, 7) is 3.05. The van der Waals surface area contributed by atoms with Gasteiger partial charge in [0.15, 0.2) is 0 Å². The van der Waals surface area contributed by atoms with Crippen molar-refractivity contribution in [3.63, 3.8) is 0 Å². The van der Waals surface area contributed by atoms with Crippen LogP contribution in [0.5, 0.6) is 0 Å². The maximum absolute atomic E-state index is 13.0. The first kappa shape index (κ1) is 17.0. The van der Waals surface area contributed by atoms with Crippen LogP contribution in [0.15, 0.2) is 30.3 Å². The molecule has 0 radical (unpaired) electrons. The molecule has 3 rings (SSSR count). The fraction of sp³-hybridized carbons (Fsp3) is 0.579. The molecule has 4 unspecified atom stereocenters. The van der Waals surface area contributed by atoms with Gasteiger partial charge in [-0.2, -0.15) is 0 Å². The van der Waals surface area contributed by atoms with Gasteiger partial charge >= 0.3 is 5.97 Å². The molecule has 1 aliphatic heterocycles. The second kappa shape index (κ2) is 7.34. The molecule has 1 aromatic rings. The third kappa shape index (κ3) is 3.61. The number of nitrogens with zero attached hydrogens (tertiary/aromatic N) is 1. The van der Waals surface area contributed by atoms with Crippen LogP contribution in [0.1, 0.15) is 44.3 Å². The van der Waals surface area contributed by atoms with E-state index < -0.39 is 5.97 Å². The van der Waals surface area contributed by atoms with E-state index in [1.54, 1.807) is 0 Å². The zero-order valence-corrected chi connectivity index (χ0v) is 14.1. The Hall–Kier alpha value is -1.88. The number of benzene rings is 1. The average Bonchev–Trinajstić information content (AvgIpc) is 2.62. The summed E-state index contributed by atoms with van der Waals surface area (Å²) in [4.78, 5) is 26.1. The molecular weight excluding hydrogens is 306 g/mol. The van der Waals surface area contributed by atoms with E-state index >= 15 is 0 Å². The molecule has 5 nitrogen and oxygen atoms in total. The van der Waals surface area contributed by atoms with Crippen molar-refractivity contribution in [2.45, 2.75) is 44.8 Å². The molecule has 4 atom stereocenters. The molecule has 2 aliphatic rings. The maximum atomic E-state index is 13.0. The second-order valence-electron chi connectivity index (χ2n) is 6.97. The second-order valence-corrected chi connectivity index (χ2v) is 6.97. The highest BCUT2D eigenvalue weighted by atomic mass is 16.5. The molecule has 1 amide bonds. The maximum Gasteiger partial charge on any atom is 0.306 e. The molecule has 130 valence electrons. The molecule has 1 aromatic carbocycles. The van der Waals surface area contributed by atoms with Gasteiger partial charge in [0.05, 0.1) is 25.1 Å². The summed E-state index contributed by atoms with van der Waals surface area (Å²) in [5, 5.41) is 9.25. The highest BCUT2D eigenvalue weighted by Crippen LogP contribution is 2.33. The Morgan fingerprint density at radius 3 is 2.58 bits per heavy atom. The quantitative estimate of drug-likeness (QED) is 0.925. The Labute approximate surface area is 142 Å². The average molecular weight is 331 g/mol. The predicted octanol–water partition coefficient (Wildman–Crippen LogP) is 2.87. The molecule has 5 heteroatoms.